The fourth-order valence-electron chi connectivity index (χ4n) is 3.25. The molecule has 0 aliphatic carbocycles. The number of hydrogen-bond donors (Lipinski definition) is 1. The molecule has 0 heterocycles. The molecule has 4 nitrogen and oxygen atoms in total. The van der Waals surface area contributed by atoms with E-state index in [0.29, 0.717) is 13.2 Å². The van der Waals surface area contributed by atoms with Crippen molar-refractivity contribution in [2.45, 2.75) is 32.8 Å². The van der Waals surface area contributed by atoms with Crippen molar-refractivity contribution in [2.75, 3.05) is 6.61 Å². The SMILES string of the molecule is CCOc1ccccc1-c1cccc(COc2ccc(C(C)CC(=O)O)cc2)c1. The van der Waals surface area contributed by atoms with Crippen LogP contribution in [0.1, 0.15) is 37.3 Å². The molecule has 1 atom stereocenters. The molecule has 0 fully saturated rings. The number of para-hydroxylation sites is 1. The molecule has 0 radical (unpaired) electrons. The first-order valence-electron chi connectivity index (χ1n) is 9.82. The lowest BCUT2D eigenvalue weighted by Gasteiger charge is -2.13. The van der Waals surface area contributed by atoms with Crippen molar-refractivity contribution < 1.29 is 19.4 Å². The van der Waals surface area contributed by atoms with Crippen molar-refractivity contribution in [2.24, 2.45) is 0 Å². The molecule has 150 valence electrons. The summed E-state index contributed by atoms with van der Waals surface area (Å²) in [6, 6.07) is 23.9. The molecule has 4 heteroatoms. The minimum atomic E-state index is -0.788. The fourth-order valence-corrected chi connectivity index (χ4v) is 3.25. The van der Waals surface area contributed by atoms with E-state index in [1.54, 1.807) is 0 Å². The molecule has 0 aliphatic heterocycles. The molecular formula is C25H26O4. The monoisotopic (exact) mass is 390 g/mol. The third kappa shape index (κ3) is 5.61. The maximum absolute atomic E-state index is 10.9. The first kappa shape index (κ1) is 20.5. The van der Waals surface area contributed by atoms with Gasteiger partial charge in [0.05, 0.1) is 13.0 Å². The van der Waals surface area contributed by atoms with Crippen LogP contribution in [0.3, 0.4) is 0 Å². The van der Waals surface area contributed by atoms with Gasteiger partial charge in [-0.25, -0.2) is 0 Å². The van der Waals surface area contributed by atoms with Crippen LogP contribution < -0.4 is 9.47 Å². The largest absolute Gasteiger partial charge is 0.493 e. The Bertz CT molecular complexity index is 947. The molecule has 1 unspecified atom stereocenters. The second-order valence-electron chi connectivity index (χ2n) is 6.99. The van der Waals surface area contributed by atoms with Gasteiger partial charge in [-0.3, -0.25) is 4.79 Å². The van der Waals surface area contributed by atoms with Gasteiger partial charge in [-0.15, -0.1) is 0 Å². The maximum Gasteiger partial charge on any atom is 0.303 e. The van der Waals surface area contributed by atoms with Crippen LogP contribution in [0.5, 0.6) is 11.5 Å². The summed E-state index contributed by atoms with van der Waals surface area (Å²) < 4.78 is 11.7. The van der Waals surface area contributed by atoms with Crippen LogP contribution in [0.4, 0.5) is 0 Å². The second-order valence-corrected chi connectivity index (χ2v) is 6.99. The first-order valence-corrected chi connectivity index (χ1v) is 9.82. The van der Waals surface area contributed by atoms with Gasteiger partial charge >= 0.3 is 5.97 Å². The van der Waals surface area contributed by atoms with Gasteiger partial charge in [-0.1, -0.05) is 55.5 Å². The summed E-state index contributed by atoms with van der Waals surface area (Å²) in [4.78, 5) is 10.9. The van der Waals surface area contributed by atoms with E-state index in [1.807, 2.05) is 68.4 Å². The van der Waals surface area contributed by atoms with Gasteiger partial charge < -0.3 is 14.6 Å². The summed E-state index contributed by atoms with van der Waals surface area (Å²) in [6.45, 7) is 4.97. The number of ether oxygens (including phenoxy) is 2. The molecule has 0 saturated heterocycles. The smallest absolute Gasteiger partial charge is 0.303 e. The van der Waals surface area contributed by atoms with E-state index in [9.17, 15) is 4.79 Å². The van der Waals surface area contributed by atoms with Crippen molar-refractivity contribution in [3.05, 3.63) is 83.9 Å². The molecule has 0 bridgehead atoms. The third-order valence-electron chi connectivity index (χ3n) is 4.76. The Kier molecular flexibility index (Phi) is 6.90. The van der Waals surface area contributed by atoms with Gasteiger partial charge in [0, 0.05) is 5.56 Å². The quantitative estimate of drug-likeness (QED) is 0.493. The van der Waals surface area contributed by atoms with Gasteiger partial charge in [0.1, 0.15) is 18.1 Å². The van der Waals surface area contributed by atoms with Gasteiger partial charge in [0.15, 0.2) is 0 Å². The van der Waals surface area contributed by atoms with Crippen LogP contribution >= 0.6 is 0 Å². The van der Waals surface area contributed by atoms with Crippen LogP contribution in [0, 0.1) is 0 Å². The highest BCUT2D eigenvalue weighted by molar-refractivity contribution is 5.71. The molecule has 0 saturated carbocycles. The molecule has 29 heavy (non-hydrogen) atoms. The van der Waals surface area contributed by atoms with E-state index in [1.165, 1.54) is 0 Å². The summed E-state index contributed by atoms with van der Waals surface area (Å²) in [6.07, 6.45) is 0.121. The maximum atomic E-state index is 10.9. The highest BCUT2D eigenvalue weighted by atomic mass is 16.5. The fraction of sp³-hybridized carbons (Fsp3) is 0.240. The number of hydrogen-bond acceptors (Lipinski definition) is 3. The van der Waals surface area contributed by atoms with Gasteiger partial charge in [-0.2, -0.15) is 0 Å². The van der Waals surface area contributed by atoms with Crippen LogP contribution in [0.15, 0.2) is 72.8 Å². The zero-order valence-electron chi connectivity index (χ0n) is 16.8. The Hall–Kier alpha value is -3.27. The molecule has 0 spiro atoms. The van der Waals surface area contributed by atoms with Crippen molar-refractivity contribution in [1.82, 2.24) is 0 Å². The van der Waals surface area contributed by atoms with Gasteiger partial charge in [0.2, 0.25) is 0 Å². The Morgan fingerprint density at radius 2 is 1.72 bits per heavy atom. The predicted molar refractivity (Wildman–Crippen MR) is 114 cm³/mol. The molecular weight excluding hydrogens is 364 g/mol. The molecule has 3 rings (SSSR count). The lowest BCUT2D eigenvalue weighted by atomic mass is 9.98. The number of benzene rings is 3. The van der Waals surface area contributed by atoms with Crippen molar-refractivity contribution in [3.8, 4) is 22.6 Å². The molecule has 1 N–H and O–H groups in total. The highest BCUT2D eigenvalue weighted by Crippen LogP contribution is 2.30. The third-order valence-corrected chi connectivity index (χ3v) is 4.76. The minimum absolute atomic E-state index is 0.0244. The van der Waals surface area contributed by atoms with E-state index in [-0.39, 0.29) is 12.3 Å². The Balaban J connectivity index is 1.68. The number of carboxylic acid groups (broad SMARTS) is 1. The predicted octanol–water partition coefficient (Wildman–Crippen LogP) is 5.91. The van der Waals surface area contributed by atoms with E-state index in [4.69, 9.17) is 14.6 Å². The zero-order valence-corrected chi connectivity index (χ0v) is 16.8. The van der Waals surface area contributed by atoms with Crippen molar-refractivity contribution in [1.29, 1.82) is 0 Å². The summed E-state index contributed by atoms with van der Waals surface area (Å²) in [7, 11) is 0. The second kappa shape index (κ2) is 9.78. The van der Waals surface area contributed by atoms with Crippen LogP contribution in [-0.4, -0.2) is 17.7 Å². The standard InChI is InChI=1S/C25H26O4/c1-3-28-24-10-5-4-9-23(24)21-8-6-7-19(16-21)17-29-22-13-11-20(12-14-22)18(2)15-25(26)27/h4-14,16,18H,3,15,17H2,1-2H3,(H,26,27). The van der Waals surface area contributed by atoms with Crippen molar-refractivity contribution >= 4 is 5.97 Å². The minimum Gasteiger partial charge on any atom is -0.493 e. The normalized spacial score (nSPS) is 11.7. The number of aliphatic carboxylic acids is 1. The van der Waals surface area contributed by atoms with E-state index >= 15 is 0 Å². The molecule has 3 aromatic carbocycles. The molecule has 0 aliphatic rings. The number of carboxylic acids is 1. The average Bonchev–Trinajstić information content (AvgIpc) is 2.73. The highest BCUT2D eigenvalue weighted by Gasteiger charge is 2.10. The first-order chi connectivity index (χ1) is 14.1. The summed E-state index contributed by atoms with van der Waals surface area (Å²) in [5, 5.41) is 8.93. The lowest BCUT2D eigenvalue weighted by molar-refractivity contribution is -0.137. The number of rotatable bonds is 9. The van der Waals surface area contributed by atoms with Crippen molar-refractivity contribution in [3.63, 3.8) is 0 Å². The van der Waals surface area contributed by atoms with E-state index in [2.05, 4.69) is 18.2 Å². The van der Waals surface area contributed by atoms with Crippen LogP contribution in [0.2, 0.25) is 0 Å². The molecule has 0 aromatic heterocycles. The molecule has 3 aromatic rings. The Labute approximate surface area is 171 Å². The Morgan fingerprint density at radius 1 is 0.966 bits per heavy atom. The van der Waals surface area contributed by atoms with E-state index < -0.39 is 5.97 Å². The van der Waals surface area contributed by atoms with Crippen LogP contribution in [-0.2, 0) is 11.4 Å². The summed E-state index contributed by atoms with van der Waals surface area (Å²) in [5.74, 6) is 0.822. The number of carbonyl (C=O) groups is 1. The summed E-state index contributed by atoms with van der Waals surface area (Å²) in [5.41, 5.74) is 4.22. The van der Waals surface area contributed by atoms with Gasteiger partial charge in [0.25, 0.3) is 0 Å². The van der Waals surface area contributed by atoms with Gasteiger partial charge in [-0.05, 0) is 53.8 Å². The van der Waals surface area contributed by atoms with E-state index in [0.717, 1.165) is 33.8 Å². The zero-order chi connectivity index (χ0) is 20.6. The Morgan fingerprint density at radius 3 is 2.45 bits per heavy atom. The summed E-state index contributed by atoms with van der Waals surface area (Å²) >= 11 is 0. The lowest BCUT2D eigenvalue weighted by Crippen LogP contribution is -2.03. The van der Waals surface area contributed by atoms with Crippen LogP contribution in [0.25, 0.3) is 11.1 Å². The average molecular weight is 390 g/mol. The molecule has 0 amide bonds. The topological polar surface area (TPSA) is 55.8 Å².